The van der Waals surface area contributed by atoms with E-state index in [1.807, 2.05) is 21.1 Å². The van der Waals surface area contributed by atoms with Gasteiger partial charge in [0.25, 0.3) is 0 Å². The number of hydrogen-bond acceptors (Lipinski definition) is 8. The highest BCUT2D eigenvalue weighted by atomic mass is 16.7. The number of likely N-dealkylation sites (N-methyl/N-ethyl adjacent to an activating group) is 1. The number of quaternary nitrogens is 1. The summed E-state index contributed by atoms with van der Waals surface area (Å²) < 4.78 is 22.7. The van der Waals surface area contributed by atoms with Gasteiger partial charge in [0.1, 0.15) is 13.2 Å². The van der Waals surface area contributed by atoms with Crippen LogP contribution in [0, 0.1) is 0 Å². The summed E-state index contributed by atoms with van der Waals surface area (Å²) in [6, 6.07) is 0. The summed E-state index contributed by atoms with van der Waals surface area (Å²) in [5.41, 5.74) is 0. The maximum atomic E-state index is 12.9. The van der Waals surface area contributed by atoms with Crippen LogP contribution in [0.3, 0.4) is 0 Å². The quantitative estimate of drug-likeness (QED) is 0.0195. The second-order valence-electron chi connectivity index (χ2n) is 21.3. The van der Waals surface area contributed by atoms with Crippen LogP contribution < -0.4 is 5.11 Å². The first-order valence-corrected chi connectivity index (χ1v) is 30.5. The topological polar surface area (TPSA) is 111 Å². The fraction of sp³-hybridized carbons (Fsp3) is 0.687. The highest BCUT2D eigenvalue weighted by molar-refractivity contribution is 5.70. The molecule has 76 heavy (non-hydrogen) atoms. The van der Waals surface area contributed by atoms with E-state index in [1.54, 1.807) is 0 Å². The van der Waals surface area contributed by atoms with E-state index in [0.717, 1.165) is 96.3 Å². The van der Waals surface area contributed by atoms with E-state index in [9.17, 15) is 19.5 Å². The lowest BCUT2D eigenvalue weighted by molar-refractivity contribution is -0.870. The molecule has 0 N–H and O–H groups in total. The first-order valence-electron chi connectivity index (χ1n) is 30.5. The van der Waals surface area contributed by atoms with Crippen molar-refractivity contribution in [2.24, 2.45) is 0 Å². The fourth-order valence-corrected chi connectivity index (χ4v) is 8.12. The summed E-state index contributed by atoms with van der Waals surface area (Å²) in [4.78, 5) is 37.3. The van der Waals surface area contributed by atoms with Crippen LogP contribution in [0.5, 0.6) is 0 Å². The van der Waals surface area contributed by atoms with Crippen molar-refractivity contribution in [2.75, 3.05) is 47.5 Å². The van der Waals surface area contributed by atoms with Gasteiger partial charge in [0.15, 0.2) is 12.4 Å². The Balaban J connectivity index is 4.32. The zero-order chi connectivity index (χ0) is 55.5. The summed E-state index contributed by atoms with van der Waals surface area (Å²) in [5, 5.41) is 11.8. The molecule has 0 aliphatic heterocycles. The van der Waals surface area contributed by atoms with Crippen LogP contribution in [-0.4, -0.2) is 82.3 Å². The lowest BCUT2D eigenvalue weighted by Gasteiger charge is -2.26. The van der Waals surface area contributed by atoms with E-state index < -0.39 is 24.3 Å². The average Bonchev–Trinajstić information content (AvgIpc) is 3.39. The molecule has 0 saturated carbocycles. The van der Waals surface area contributed by atoms with Crippen LogP contribution in [0.4, 0.5) is 0 Å². The van der Waals surface area contributed by atoms with Gasteiger partial charge >= 0.3 is 11.9 Å². The molecule has 9 nitrogen and oxygen atoms in total. The van der Waals surface area contributed by atoms with Gasteiger partial charge in [-0.25, -0.2) is 0 Å². The number of esters is 2. The van der Waals surface area contributed by atoms with Gasteiger partial charge in [-0.3, -0.25) is 9.59 Å². The van der Waals surface area contributed by atoms with E-state index in [4.69, 9.17) is 18.9 Å². The third-order valence-corrected chi connectivity index (χ3v) is 12.8. The molecule has 0 amide bonds. The molecule has 0 saturated heterocycles. The molecule has 0 rings (SSSR count). The number of allylic oxidation sites excluding steroid dienone is 18. The van der Waals surface area contributed by atoms with Crippen LogP contribution in [-0.2, 0) is 33.3 Å². The third-order valence-electron chi connectivity index (χ3n) is 12.8. The van der Waals surface area contributed by atoms with Gasteiger partial charge in [0.2, 0.25) is 0 Å². The van der Waals surface area contributed by atoms with Crippen LogP contribution in [0.2, 0.25) is 0 Å². The highest BCUT2D eigenvalue weighted by Crippen LogP contribution is 2.16. The molecule has 2 atom stereocenters. The summed E-state index contributed by atoms with van der Waals surface area (Å²) >= 11 is 0. The van der Waals surface area contributed by atoms with E-state index in [2.05, 4.69) is 123 Å². The fourth-order valence-electron chi connectivity index (χ4n) is 8.12. The molecule has 0 fully saturated rings. The summed E-state index contributed by atoms with van der Waals surface area (Å²) in [5.74, 6) is -2.33. The van der Waals surface area contributed by atoms with Crippen molar-refractivity contribution < 1.29 is 42.9 Å². The number of carboxylic acids is 1. The standard InChI is InChI=1S/C67H113NO8/c1-6-8-10-12-14-16-18-20-22-24-26-28-29-30-31-32-33-34-35-36-37-38-40-42-44-46-48-50-52-54-56-58-65(70)76-63(62-75-67(66(71)72)73-60-59-68(3,4)5)61-74-64(69)57-55-53-51-49-47-45-43-41-39-27-25-23-21-19-17-15-13-11-9-7-2/h8,10,14,16,20,22,26,28,30-31,33-34,36-37,40,42,46,48,63,67H,6-7,9,11-13,15,17-19,21,23-25,27,29,32,35,38-39,41,43-45,47,49-62H2,1-5H3/b10-8-,16-14-,22-20-,28-26-,31-30-,34-33-,37-36-,42-40-,48-46-. The highest BCUT2D eigenvalue weighted by Gasteiger charge is 2.22. The van der Waals surface area contributed by atoms with Gasteiger partial charge in [-0.05, 0) is 83.5 Å². The van der Waals surface area contributed by atoms with Gasteiger partial charge in [0, 0.05) is 12.8 Å². The molecule has 0 aromatic carbocycles. The lowest BCUT2D eigenvalue weighted by atomic mass is 10.0. The van der Waals surface area contributed by atoms with Crippen molar-refractivity contribution in [3.8, 4) is 0 Å². The molecule has 0 aromatic rings. The zero-order valence-electron chi connectivity index (χ0n) is 49.3. The molecule has 0 bridgehead atoms. The van der Waals surface area contributed by atoms with E-state index in [0.29, 0.717) is 17.4 Å². The van der Waals surface area contributed by atoms with Crippen molar-refractivity contribution in [2.45, 2.75) is 251 Å². The minimum atomic E-state index is -1.64. The second-order valence-corrected chi connectivity index (χ2v) is 21.3. The smallest absolute Gasteiger partial charge is 0.306 e. The van der Waals surface area contributed by atoms with Gasteiger partial charge in [-0.2, -0.15) is 0 Å². The summed E-state index contributed by atoms with van der Waals surface area (Å²) in [7, 11) is 5.91. The number of unbranched alkanes of at least 4 members (excludes halogenated alkanes) is 22. The van der Waals surface area contributed by atoms with Crippen LogP contribution >= 0.6 is 0 Å². The van der Waals surface area contributed by atoms with Gasteiger partial charge in [-0.15, -0.1) is 0 Å². The molecule has 0 aliphatic carbocycles. The van der Waals surface area contributed by atoms with Crippen LogP contribution in [0.1, 0.15) is 239 Å². The number of hydrogen-bond donors (Lipinski definition) is 0. The monoisotopic (exact) mass is 1060 g/mol. The zero-order valence-corrected chi connectivity index (χ0v) is 49.3. The minimum absolute atomic E-state index is 0.136. The Kier molecular flexibility index (Phi) is 54.1. The molecule has 2 unspecified atom stereocenters. The number of rotatable bonds is 55. The number of carbonyl (C=O) groups excluding carboxylic acids is 3. The SMILES string of the molecule is CC/C=C\C/C=C\C/C=C\C/C=C\C/C=C\C/C=C\C/C=C\C/C=C\C/C=C\CCCCCC(=O)OC(COC(=O)CCCCCCCCCCCCCCCCCCCCCC)COC(OCC[N+](C)(C)C)C(=O)[O-]. The maximum Gasteiger partial charge on any atom is 0.306 e. The normalized spacial score (nSPS) is 13.5. The van der Waals surface area contributed by atoms with E-state index >= 15 is 0 Å². The molecular formula is C67H113NO8. The molecule has 0 radical (unpaired) electrons. The molecule has 434 valence electrons. The number of aliphatic carboxylic acids is 1. The average molecular weight is 1060 g/mol. The van der Waals surface area contributed by atoms with Gasteiger partial charge in [0.05, 0.1) is 40.3 Å². The lowest BCUT2D eigenvalue weighted by Crippen LogP contribution is -2.44. The number of nitrogens with zero attached hydrogens (tertiary/aromatic N) is 1. The van der Waals surface area contributed by atoms with Crippen molar-refractivity contribution in [3.63, 3.8) is 0 Å². The second kappa shape index (κ2) is 57.1. The molecule has 0 aromatic heterocycles. The Labute approximate surface area is 466 Å². The predicted octanol–water partition coefficient (Wildman–Crippen LogP) is 17.0. The Morgan fingerprint density at radius 1 is 0.408 bits per heavy atom. The Morgan fingerprint density at radius 3 is 1.12 bits per heavy atom. The Hall–Kier alpha value is -4.05. The maximum absolute atomic E-state index is 12.9. The Bertz CT molecular complexity index is 1610. The van der Waals surface area contributed by atoms with Crippen LogP contribution in [0.15, 0.2) is 109 Å². The number of carboxylic acid groups (broad SMARTS) is 1. The van der Waals surface area contributed by atoms with Crippen molar-refractivity contribution in [1.29, 1.82) is 0 Å². The summed E-state index contributed by atoms with van der Waals surface area (Å²) in [6.07, 6.45) is 75.7. The molecule has 0 spiro atoms. The molecule has 0 heterocycles. The summed E-state index contributed by atoms with van der Waals surface area (Å²) in [6.45, 7) is 4.60. The molecule has 9 heteroatoms. The van der Waals surface area contributed by atoms with Crippen molar-refractivity contribution in [3.05, 3.63) is 109 Å². The predicted molar refractivity (Wildman–Crippen MR) is 320 cm³/mol. The van der Waals surface area contributed by atoms with Gasteiger partial charge < -0.3 is 33.3 Å². The minimum Gasteiger partial charge on any atom is -0.545 e. The van der Waals surface area contributed by atoms with E-state index in [-0.39, 0.29) is 38.6 Å². The number of carbonyl (C=O) groups is 3. The number of ether oxygens (including phenoxy) is 4. The Morgan fingerprint density at radius 2 is 0.750 bits per heavy atom. The first-order chi connectivity index (χ1) is 37.1. The van der Waals surface area contributed by atoms with E-state index in [1.165, 1.54) is 109 Å². The third kappa shape index (κ3) is 57.7. The first kappa shape index (κ1) is 72.0. The van der Waals surface area contributed by atoms with Gasteiger partial charge in [-0.1, -0.05) is 252 Å². The molecular weight excluding hydrogens is 947 g/mol. The largest absolute Gasteiger partial charge is 0.545 e. The molecule has 0 aliphatic rings. The van der Waals surface area contributed by atoms with Crippen LogP contribution in [0.25, 0.3) is 0 Å². The van der Waals surface area contributed by atoms with Crippen molar-refractivity contribution in [1.82, 2.24) is 0 Å². The van der Waals surface area contributed by atoms with Crippen molar-refractivity contribution >= 4 is 17.9 Å².